The largest absolute Gasteiger partial charge is 0.240 e. The van der Waals surface area contributed by atoms with E-state index in [2.05, 4.69) is 11.1 Å². The Bertz CT molecular complexity index is 598. The summed E-state index contributed by atoms with van der Waals surface area (Å²) < 4.78 is 0. The van der Waals surface area contributed by atoms with Crippen molar-refractivity contribution < 1.29 is 0 Å². The monoisotopic (exact) mass is 242 g/mol. The lowest BCUT2D eigenvalue weighted by molar-refractivity contribution is 1.14. The van der Waals surface area contributed by atoms with E-state index >= 15 is 0 Å². The normalized spacial score (nSPS) is 10.0. The average molecular weight is 243 g/mol. The molecule has 0 fully saturated rings. The first kappa shape index (κ1) is 11.6. The predicted octanol–water partition coefficient (Wildman–Crippen LogP) is 3.89. The van der Waals surface area contributed by atoms with E-state index in [-0.39, 0.29) is 5.15 Å². The van der Waals surface area contributed by atoms with Crippen molar-refractivity contribution in [2.75, 3.05) is 0 Å². The number of aryl methyl sites for hydroxylation is 1. The minimum atomic E-state index is 0.273. The molecule has 2 rings (SSSR count). The molecule has 1 aromatic heterocycles. The molecule has 3 heteroatoms. The first-order chi connectivity index (χ1) is 8.15. The van der Waals surface area contributed by atoms with Crippen molar-refractivity contribution in [1.82, 2.24) is 4.98 Å². The van der Waals surface area contributed by atoms with E-state index in [1.54, 1.807) is 0 Å². The van der Waals surface area contributed by atoms with Crippen LogP contribution in [0.3, 0.4) is 0 Å². The maximum Gasteiger partial charge on any atom is 0.147 e. The fraction of sp³-hybridized carbons (Fsp3) is 0.143. The number of halogens is 1. The molecule has 0 amide bonds. The van der Waals surface area contributed by atoms with Crippen LogP contribution >= 0.6 is 11.6 Å². The molecule has 84 valence electrons. The number of nitrogens with zero attached hydrogens (tertiary/aromatic N) is 2. The van der Waals surface area contributed by atoms with Crippen molar-refractivity contribution in [3.8, 4) is 17.2 Å². The van der Waals surface area contributed by atoms with E-state index in [9.17, 15) is 5.26 Å². The molecule has 0 saturated heterocycles. The highest BCUT2D eigenvalue weighted by atomic mass is 35.5. The molecule has 1 heterocycles. The summed E-state index contributed by atoms with van der Waals surface area (Å²) in [5.74, 6) is 0. The van der Waals surface area contributed by atoms with Crippen LogP contribution in [0, 0.1) is 25.2 Å². The molecule has 2 nitrogen and oxygen atoms in total. The summed E-state index contributed by atoms with van der Waals surface area (Å²) in [5, 5.41) is 9.47. The molecule has 17 heavy (non-hydrogen) atoms. The summed E-state index contributed by atoms with van der Waals surface area (Å²) in [6.45, 7) is 3.86. The Morgan fingerprint density at radius 3 is 2.41 bits per heavy atom. The van der Waals surface area contributed by atoms with E-state index in [0.717, 1.165) is 22.4 Å². The predicted molar refractivity (Wildman–Crippen MR) is 68.9 cm³/mol. The molecule has 0 radical (unpaired) electrons. The Morgan fingerprint density at radius 1 is 1.18 bits per heavy atom. The van der Waals surface area contributed by atoms with Gasteiger partial charge < -0.3 is 0 Å². The van der Waals surface area contributed by atoms with Crippen LogP contribution in [-0.4, -0.2) is 4.98 Å². The van der Waals surface area contributed by atoms with Crippen molar-refractivity contribution in [1.29, 1.82) is 5.26 Å². The Hall–Kier alpha value is -1.85. The Kier molecular flexibility index (Phi) is 3.12. The number of aromatic nitrogens is 1. The minimum Gasteiger partial charge on any atom is -0.240 e. The number of nitriles is 1. The number of pyridine rings is 1. The molecule has 1 aromatic carbocycles. The van der Waals surface area contributed by atoms with Crippen LogP contribution in [0.5, 0.6) is 0 Å². The lowest BCUT2D eigenvalue weighted by Gasteiger charge is -2.11. The van der Waals surface area contributed by atoms with Gasteiger partial charge in [0.15, 0.2) is 0 Å². The highest BCUT2D eigenvalue weighted by Crippen LogP contribution is 2.31. The van der Waals surface area contributed by atoms with Crippen LogP contribution in [0.1, 0.15) is 16.8 Å². The molecular formula is C14H11ClN2. The van der Waals surface area contributed by atoms with Crippen LogP contribution in [0.15, 0.2) is 30.3 Å². The van der Waals surface area contributed by atoms with Crippen LogP contribution in [-0.2, 0) is 0 Å². The summed E-state index contributed by atoms with van der Waals surface area (Å²) in [6, 6.07) is 11.9. The van der Waals surface area contributed by atoms with E-state index < -0.39 is 0 Å². The molecule has 2 aromatic rings. The first-order valence-corrected chi connectivity index (χ1v) is 5.65. The zero-order chi connectivity index (χ0) is 12.4. The van der Waals surface area contributed by atoms with E-state index in [0.29, 0.717) is 5.56 Å². The number of hydrogen-bond acceptors (Lipinski definition) is 2. The molecule has 0 unspecified atom stereocenters. The molecule has 0 aliphatic rings. The van der Waals surface area contributed by atoms with Crippen LogP contribution < -0.4 is 0 Å². The number of hydrogen-bond donors (Lipinski definition) is 0. The second-order valence-electron chi connectivity index (χ2n) is 3.84. The first-order valence-electron chi connectivity index (χ1n) is 5.27. The summed E-state index contributed by atoms with van der Waals surface area (Å²) in [7, 11) is 0. The standard InChI is InChI=1S/C14H11ClN2/c1-9-10(2)17-14(15)12(8-16)13(9)11-6-4-3-5-7-11/h3-7H,1-2H3. The summed E-state index contributed by atoms with van der Waals surface area (Å²) in [4.78, 5) is 4.17. The van der Waals surface area contributed by atoms with Gasteiger partial charge in [-0.1, -0.05) is 41.9 Å². The lowest BCUT2D eigenvalue weighted by atomic mass is 9.96. The van der Waals surface area contributed by atoms with Crippen molar-refractivity contribution in [2.45, 2.75) is 13.8 Å². The second kappa shape index (κ2) is 4.57. The highest BCUT2D eigenvalue weighted by Gasteiger charge is 2.15. The van der Waals surface area contributed by atoms with Crippen molar-refractivity contribution in [3.05, 3.63) is 52.3 Å². The third kappa shape index (κ3) is 2.02. The van der Waals surface area contributed by atoms with Gasteiger partial charge in [0.1, 0.15) is 11.2 Å². The molecule has 0 atom stereocenters. The molecule has 0 aliphatic heterocycles. The Balaban J connectivity index is 2.81. The van der Waals surface area contributed by atoms with Gasteiger partial charge in [0, 0.05) is 11.3 Å². The van der Waals surface area contributed by atoms with E-state index in [1.165, 1.54) is 0 Å². The highest BCUT2D eigenvalue weighted by molar-refractivity contribution is 6.31. The molecule has 0 spiro atoms. The van der Waals surface area contributed by atoms with E-state index in [1.807, 2.05) is 44.2 Å². The molecule has 0 N–H and O–H groups in total. The zero-order valence-electron chi connectivity index (χ0n) is 9.66. The zero-order valence-corrected chi connectivity index (χ0v) is 10.4. The van der Waals surface area contributed by atoms with Gasteiger partial charge in [-0.3, -0.25) is 0 Å². The molecule has 0 bridgehead atoms. The molecule has 0 aliphatic carbocycles. The SMILES string of the molecule is Cc1nc(Cl)c(C#N)c(-c2ccccc2)c1C. The van der Waals surface area contributed by atoms with Crippen molar-refractivity contribution >= 4 is 11.6 Å². The minimum absolute atomic E-state index is 0.273. The second-order valence-corrected chi connectivity index (χ2v) is 4.20. The van der Waals surface area contributed by atoms with Crippen molar-refractivity contribution in [2.24, 2.45) is 0 Å². The topological polar surface area (TPSA) is 36.7 Å². The van der Waals surface area contributed by atoms with Gasteiger partial charge in [-0.05, 0) is 25.0 Å². The maximum atomic E-state index is 9.20. The van der Waals surface area contributed by atoms with Gasteiger partial charge in [0.25, 0.3) is 0 Å². The van der Waals surface area contributed by atoms with Gasteiger partial charge in [-0.15, -0.1) is 0 Å². The van der Waals surface area contributed by atoms with Gasteiger partial charge in [-0.2, -0.15) is 5.26 Å². The van der Waals surface area contributed by atoms with Crippen molar-refractivity contribution in [3.63, 3.8) is 0 Å². The summed E-state index contributed by atoms with van der Waals surface area (Å²) >= 11 is 6.02. The molecular weight excluding hydrogens is 232 g/mol. The van der Waals surface area contributed by atoms with Gasteiger partial charge in [-0.25, -0.2) is 4.98 Å². The summed E-state index contributed by atoms with van der Waals surface area (Å²) in [5.41, 5.74) is 4.17. The third-order valence-electron chi connectivity index (χ3n) is 2.81. The average Bonchev–Trinajstić information content (AvgIpc) is 2.34. The number of rotatable bonds is 1. The fourth-order valence-electron chi connectivity index (χ4n) is 1.83. The quantitative estimate of drug-likeness (QED) is 0.712. The van der Waals surface area contributed by atoms with Crippen LogP contribution in [0.2, 0.25) is 5.15 Å². The Morgan fingerprint density at radius 2 is 1.82 bits per heavy atom. The maximum absolute atomic E-state index is 9.20. The van der Waals surface area contributed by atoms with Crippen LogP contribution in [0.4, 0.5) is 0 Å². The van der Waals surface area contributed by atoms with Gasteiger partial charge >= 0.3 is 0 Å². The summed E-state index contributed by atoms with van der Waals surface area (Å²) in [6.07, 6.45) is 0. The fourth-order valence-corrected chi connectivity index (χ4v) is 2.09. The van der Waals surface area contributed by atoms with E-state index in [4.69, 9.17) is 11.6 Å². The number of benzene rings is 1. The lowest BCUT2D eigenvalue weighted by Crippen LogP contribution is -1.97. The van der Waals surface area contributed by atoms with Gasteiger partial charge in [0.05, 0.1) is 5.56 Å². The van der Waals surface area contributed by atoms with Crippen LogP contribution in [0.25, 0.3) is 11.1 Å². The molecule has 0 saturated carbocycles. The van der Waals surface area contributed by atoms with Gasteiger partial charge in [0.2, 0.25) is 0 Å². The Labute approximate surface area is 105 Å². The third-order valence-corrected chi connectivity index (χ3v) is 3.09. The smallest absolute Gasteiger partial charge is 0.147 e.